The Hall–Kier alpha value is -2.08. The number of nitrogens with one attached hydrogen (secondary N) is 1. The van der Waals surface area contributed by atoms with Gasteiger partial charge in [-0.25, -0.2) is 9.59 Å². The molecule has 0 bridgehead atoms. The first-order chi connectivity index (χ1) is 10.9. The van der Waals surface area contributed by atoms with Crippen molar-refractivity contribution in [1.29, 1.82) is 0 Å². The van der Waals surface area contributed by atoms with Gasteiger partial charge in [-0.05, 0) is 18.1 Å². The molecule has 0 spiro atoms. The summed E-state index contributed by atoms with van der Waals surface area (Å²) in [5, 5.41) is 2.90. The number of amides is 1. The second-order valence-corrected chi connectivity index (χ2v) is 5.96. The molecular formula is C16H18ClNO5. The summed E-state index contributed by atoms with van der Waals surface area (Å²) in [6.07, 6.45) is -0.575. The van der Waals surface area contributed by atoms with Crippen LogP contribution >= 0.6 is 11.6 Å². The van der Waals surface area contributed by atoms with E-state index in [9.17, 15) is 14.4 Å². The number of halogens is 1. The molecule has 0 aliphatic carbocycles. The fourth-order valence-corrected chi connectivity index (χ4v) is 2.38. The van der Waals surface area contributed by atoms with Crippen molar-refractivity contribution in [1.82, 2.24) is 5.32 Å². The highest BCUT2D eigenvalue weighted by Gasteiger charge is 2.34. The molecule has 1 aliphatic heterocycles. The zero-order valence-corrected chi connectivity index (χ0v) is 13.6. The molecule has 7 heteroatoms. The lowest BCUT2D eigenvalue weighted by Gasteiger charge is -2.22. The number of hydrogen-bond donors (Lipinski definition) is 1. The minimum Gasteiger partial charge on any atom is -0.463 e. The highest BCUT2D eigenvalue weighted by Crippen LogP contribution is 2.17. The standard InChI is InChI=1S/C16H18ClNO5/c1-9(2)13(16(21)23-12-7-8-22-15(12)20)18-14(19)10-5-3-4-6-11(10)17/h3-6,9,12-13H,7-8H2,1-2H3,(H,18,19)/t12-,13+/m0/s1. The number of benzene rings is 1. The Balaban J connectivity index is 2.06. The molecule has 0 unspecified atom stereocenters. The Morgan fingerprint density at radius 1 is 1.35 bits per heavy atom. The molecule has 0 radical (unpaired) electrons. The van der Waals surface area contributed by atoms with Gasteiger partial charge in [0.2, 0.25) is 6.10 Å². The number of rotatable bonds is 5. The average Bonchev–Trinajstić information content (AvgIpc) is 2.89. The second kappa shape index (κ2) is 7.46. The largest absolute Gasteiger partial charge is 0.463 e. The Kier molecular flexibility index (Phi) is 5.60. The lowest BCUT2D eigenvalue weighted by molar-refractivity contribution is -0.162. The van der Waals surface area contributed by atoms with Gasteiger partial charge in [-0.3, -0.25) is 4.79 Å². The quantitative estimate of drug-likeness (QED) is 0.829. The van der Waals surface area contributed by atoms with Crippen molar-refractivity contribution in [2.24, 2.45) is 5.92 Å². The van der Waals surface area contributed by atoms with Gasteiger partial charge in [-0.15, -0.1) is 0 Å². The van der Waals surface area contributed by atoms with Crippen LogP contribution < -0.4 is 5.32 Å². The maximum atomic E-state index is 12.3. The molecular weight excluding hydrogens is 322 g/mol. The van der Waals surface area contributed by atoms with E-state index in [0.29, 0.717) is 11.4 Å². The molecule has 1 N–H and O–H groups in total. The molecule has 124 valence electrons. The highest BCUT2D eigenvalue weighted by molar-refractivity contribution is 6.33. The van der Waals surface area contributed by atoms with Crippen LogP contribution in [0.3, 0.4) is 0 Å². The maximum absolute atomic E-state index is 12.3. The van der Waals surface area contributed by atoms with Crippen molar-refractivity contribution in [2.45, 2.75) is 32.4 Å². The van der Waals surface area contributed by atoms with Crippen LogP contribution in [0.1, 0.15) is 30.6 Å². The van der Waals surface area contributed by atoms with E-state index in [1.165, 1.54) is 0 Å². The molecule has 0 aromatic heterocycles. The third kappa shape index (κ3) is 4.22. The number of ether oxygens (including phenoxy) is 2. The summed E-state index contributed by atoms with van der Waals surface area (Å²) < 4.78 is 9.90. The first-order valence-corrected chi connectivity index (χ1v) is 7.70. The Labute approximate surface area is 139 Å². The molecule has 0 saturated carbocycles. The zero-order chi connectivity index (χ0) is 17.0. The molecule has 1 aromatic carbocycles. The normalized spacial score (nSPS) is 18.4. The van der Waals surface area contributed by atoms with E-state index < -0.39 is 30.0 Å². The topological polar surface area (TPSA) is 81.7 Å². The fourth-order valence-electron chi connectivity index (χ4n) is 2.16. The zero-order valence-electron chi connectivity index (χ0n) is 12.9. The van der Waals surface area contributed by atoms with Gasteiger partial charge in [0.05, 0.1) is 17.2 Å². The summed E-state index contributed by atoms with van der Waals surface area (Å²) in [7, 11) is 0. The van der Waals surface area contributed by atoms with Gasteiger partial charge in [0.1, 0.15) is 6.04 Å². The first-order valence-electron chi connectivity index (χ1n) is 7.32. The Morgan fingerprint density at radius 2 is 2.04 bits per heavy atom. The van der Waals surface area contributed by atoms with Crippen molar-refractivity contribution >= 4 is 29.4 Å². The second-order valence-electron chi connectivity index (χ2n) is 5.56. The number of hydrogen-bond acceptors (Lipinski definition) is 5. The minimum absolute atomic E-state index is 0.216. The van der Waals surface area contributed by atoms with Gasteiger partial charge in [-0.2, -0.15) is 0 Å². The highest BCUT2D eigenvalue weighted by atomic mass is 35.5. The number of cyclic esters (lactones) is 1. The average molecular weight is 340 g/mol. The van der Waals surface area contributed by atoms with Crippen molar-refractivity contribution in [3.63, 3.8) is 0 Å². The third-order valence-corrected chi connectivity index (χ3v) is 3.80. The van der Waals surface area contributed by atoms with Crippen LogP contribution in [0.5, 0.6) is 0 Å². The first kappa shape index (κ1) is 17.3. The van der Waals surface area contributed by atoms with Crippen LogP contribution in [0.25, 0.3) is 0 Å². The van der Waals surface area contributed by atoms with Crippen LogP contribution in [0.2, 0.25) is 5.02 Å². The van der Waals surface area contributed by atoms with Crippen LogP contribution in [-0.4, -0.2) is 36.6 Å². The number of carbonyl (C=O) groups excluding carboxylic acids is 3. The van der Waals surface area contributed by atoms with Crippen molar-refractivity contribution in [2.75, 3.05) is 6.61 Å². The summed E-state index contributed by atoms with van der Waals surface area (Å²) in [6.45, 7) is 3.77. The number of carbonyl (C=O) groups is 3. The molecule has 1 amide bonds. The van der Waals surface area contributed by atoms with Gasteiger partial charge >= 0.3 is 11.9 Å². The van der Waals surface area contributed by atoms with E-state index in [0.717, 1.165) is 0 Å². The Morgan fingerprint density at radius 3 is 2.61 bits per heavy atom. The van der Waals surface area contributed by atoms with E-state index >= 15 is 0 Å². The van der Waals surface area contributed by atoms with Crippen LogP contribution in [0.4, 0.5) is 0 Å². The molecule has 1 saturated heterocycles. The molecule has 23 heavy (non-hydrogen) atoms. The lowest BCUT2D eigenvalue weighted by atomic mass is 10.0. The molecule has 2 rings (SSSR count). The van der Waals surface area contributed by atoms with Crippen molar-refractivity contribution < 1.29 is 23.9 Å². The molecule has 6 nitrogen and oxygen atoms in total. The van der Waals surface area contributed by atoms with Crippen LogP contribution in [0.15, 0.2) is 24.3 Å². The summed E-state index contributed by atoms with van der Waals surface area (Å²) in [5.74, 6) is -1.91. The van der Waals surface area contributed by atoms with Crippen LogP contribution in [0, 0.1) is 5.92 Å². The smallest absolute Gasteiger partial charge is 0.347 e. The predicted molar refractivity (Wildman–Crippen MR) is 83.0 cm³/mol. The van der Waals surface area contributed by atoms with E-state index in [1.807, 2.05) is 0 Å². The maximum Gasteiger partial charge on any atom is 0.347 e. The minimum atomic E-state index is -0.902. The number of esters is 2. The van der Waals surface area contributed by atoms with E-state index in [4.69, 9.17) is 21.1 Å². The van der Waals surface area contributed by atoms with E-state index in [-0.39, 0.29) is 18.1 Å². The molecule has 1 heterocycles. The summed E-state index contributed by atoms with van der Waals surface area (Å²) in [4.78, 5) is 35.9. The van der Waals surface area contributed by atoms with Gasteiger partial charge in [0.15, 0.2) is 0 Å². The Bertz CT molecular complexity index is 616. The molecule has 1 fully saturated rings. The fraction of sp³-hybridized carbons (Fsp3) is 0.438. The molecule has 1 aliphatic rings. The monoisotopic (exact) mass is 339 g/mol. The summed E-state index contributed by atoms with van der Waals surface area (Å²) in [5.41, 5.74) is 0.271. The van der Waals surface area contributed by atoms with E-state index in [2.05, 4.69) is 5.32 Å². The van der Waals surface area contributed by atoms with Crippen molar-refractivity contribution in [3.05, 3.63) is 34.9 Å². The lowest BCUT2D eigenvalue weighted by Crippen LogP contribution is -2.46. The van der Waals surface area contributed by atoms with Crippen molar-refractivity contribution in [3.8, 4) is 0 Å². The van der Waals surface area contributed by atoms with Gasteiger partial charge in [-0.1, -0.05) is 37.6 Å². The summed E-state index contributed by atoms with van der Waals surface area (Å²) in [6, 6.07) is 5.66. The van der Waals surface area contributed by atoms with Gasteiger partial charge < -0.3 is 14.8 Å². The predicted octanol–water partition coefficient (Wildman–Crippen LogP) is 1.95. The van der Waals surface area contributed by atoms with Gasteiger partial charge in [0.25, 0.3) is 5.91 Å². The van der Waals surface area contributed by atoms with Gasteiger partial charge in [0, 0.05) is 6.42 Å². The van der Waals surface area contributed by atoms with E-state index in [1.54, 1.807) is 38.1 Å². The van der Waals surface area contributed by atoms with Crippen LogP contribution in [-0.2, 0) is 19.1 Å². The SMILES string of the molecule is CC(C)[C@@H](NC(=O)c1ccccc1Cl)C(=O)O[C@H]1CCOC1=O. The summed E-state index contributed by atoms with van der Waals surface area (Å²) >= 11 is 5.98. The molecule has 2 atom stereocenters. The third-order valence-electron chi connectivity index (χ3n) is 3.47. The molecule has 1 aromatic rings.